The van der Waals surface area contributed by atoms with Gasteiger partial charge in [0.15, 0.2) is 6.61 Å². The van der Waals surface area contributed by atoms with E-state index in [2.05, 4.69) is 10.1 Å². The highest BCUT2D eigenvalue weighted by Gasteiger charge is 2.12. The number of halogens is 2. The average Bonchev–Trinajstić information content (AvgIpc) is 2.56. The van der Waals surface area contributed by atoms with Gasteiger partial charge >= 0.3 is 18.6 Å². The van der Waals surface area contributed by atoms with Crippen molar-refractivity contribution in [3.63, 3.8) is 0 Å². The molecule has 0 atom stereocenters. The van der Waals surface area contributed by atoms with Gasteiger partial charge in [0.05, 0.1) is 12.2 Å². The van der Waals surface area contributed by atoms with Crippen LogP contribution in [-0.4, -0.2) is 44.2 Å². The van der Waals surface area contributed by atoms with Crippen molar-refractivity contribution in [3.8, 4) is 5.75 Å². The van der Waals surface area contributed by atoms with Crippen LogP contribution in [0.1, 0.15) is 30.1 Å². The van der Waals surface area contributed by atoms with Crippen molar-refractivity contribution < 1.29 is 37.4 Å². The SMILES string of the molecule is CCOC(=O)CCCNC(=O)COC(=O)c1cccc(OC(F)F)c1. The molecule has 0 bridgehead atoms. The van der Waals surface area contributed by atoms with Crippen LogP contribution < -0.4 is 10.1 Å². The highest BCUT2D eigenvalue weighted by molar-refractivity contribution is 5.91. The van der Waals surface area contributed by atoms with Gasteiger partial charge in [0, 0.05) is 13.0 Å². The van der Waals surface area contributed by atoms with Gasteiger partial charge in [-0.3, -0.25) is 9.59 Å². The lowest BCUT2D eigenvalue weighted by Gasteiger charge is -2.08. The fourth-order valence-corrected chi connectivity index (χ4v) is 1.76. The summed E-state index contributed by atoms with van der Waals surface area (Å²) in [5.41, 5.74) is -0.0201. The normalized spacial score (nSPS) is 10.2. The number of carbonyl (C=O) groups excluding carboxylic acids is 3. The maximum Gasteiger partial charge on any atom is 0.387 e. The van der Waals surface area contributed by atoms with Crippen molar-refractivity contribution in [2.75, 3.05) is 19.8 Å². The Bertz CT molecular complexity index is 594. The van der Waals surface area contributed by atoms with Gasteiger partial charge in [-0.25, -0.2) is 4.79 Å². The van der Waals surface area contributed by atoms with E-state index < -0.39 is 25.1 Å². The second-order valence-electron chi connectivity index (χ2n) is 4.74. The van der Waals surface area contributed by atoms with Crippen molar-refractivity contribution in [2.45, 2.75) is 26.4 Å². The van der Waals surface area contributed by atoms with Gasteiger partial charge in [0.2, 0.25) is 0 Å². The van der Waals surface area contributed by atoms with E-state index in [1.54, 1.807) is 6.92 Å². The van der Waals surface area contributed by atoms with E-state index in [9.17, 15) is 23.2 Å². The summed E-state index contributed by atoms with van der Waals surface area (Å²) in [6.45, 7) is -1.31. The summed E-state index contributed by atoms with van der Waals surface area (Å²) < 4.78 is 37.9. The zero-order valence-electron chi connectivity index (χ0n) is 13.6. The molecule has 25 heavy (non-hydrogen) atoms. The molecule has 0 fully saturated rings. The summed E-state index contributed by atoms with van der Waals surface area (Å²) in [7, 11) is 0. The third-order valence-corrected chi connectivity index (χ3v) is 2.81. The average molecular weight is 359 g/mol. The molecule has 0 spiro atoms. The summed E-state index contributed by atoms with van der Waals surface area (Å²) in [5.74, 6) is -1.93. The molecule has 0 aromatic heterocycles. The van der Waals surface area contributed by atoms with Gasteiger partial charge in [0.1, 0.15) is 5.75 Å². The first-order valence-electron chi connectivity index (χ1n) is 7.56. The van der Waals surface area contributed by atoms with Crippen LogP contribution in [0.25, 0.3) is 0 Å². The number of esters is 2. The molecule has 0 heterocycles. The second kappa shape index (κ2) is 11.0. The number of benzene rings is 1. The molecule has 1 aromatic carbocycles. The molecule has 0 aliphatic heterocycles. The summed E-state index contributed by atoms with van der Waals surface area (Å²) >= 11 is 0. The number of carbonyl (C=O) groups is 3. The molecule has 0 radical (unpaired) electrons. The molecule has 0 saturated carbocycles. The van der Waals surface area contributed by atoms with Gasteiger partial charge < -0.3 is 19.5 Å². The van der Waals surface area contributed by atoms with Crippen LogP contribution in [0.4, 0.5) is 8.78 Å². The van der Waals surface area contributed by atoms with E-state index in [-0.39, 0.29) is 30.2 Å². The summed E-state index contributed by atoms with van der Waals surface area (Å²) in [4.78, 5) is 34.4. The highest BCUT2D eigenvalue weighted by atomic mass is 19.3. The Kier molecular flexibility index (Phi) is 8.91. The van der Waals surface area contributed by atoms with Crippen LogP contribution >= 0.6 is 0 Å². The van der Waals surface area contributed by atoms with E-state index in [1.165, 1.54) is 18.2 Å². The highest BCUT2D eigenvalue weighted by Crippen LogP contribution is 2.16. The molecule has 0 aliphatic rings. The Morgan fingerprint density at radius 1 is 1.20 bits per heavy atom. The number of nitrogens with one attached hydrogen (secondary N) is 1. The van der Waals surface area contributed by atoms with E-state index in [1.807, 2.05) is 0 Å². The number of hydrogen-bond acceptors (Lipinski definition) is 6. The molecule has 1 rings (SSSR count). The fraction of sp³-hybridized carbons (Fsp3) is 0.438. The standard InChI is InChI=1S/C16H19F2NO6/c1-2-23-14(21)7-4-8-19-13(20)10-24-15(22)11-5-3-6-12(9-11)25-16(17)18/h3,5-6,9,16H,2,4,7-8,10H2,1H3,(H,19,20). The van der Waals surface area contributed by atoms with Crippen molar-refractivity contribution in [2.24, 2.45) is 0 Å². The molecular weight excluding hydrogens is 340 g/mol. The Morgan fingerprint density at radius 3 is 2.64 bits per heavy atom. The first-order chi connectivity index (χ1) is 11.9. The lowest BCUT2D eigenvalue weighted by molar-refractivity contribution is -0.143. The van der Waals surface area contributed by atoms with Crippen LogP contribution in [0.2, 0.25) is 0 Å². The summed E-state index contributed by atoms with van der Waals surface area (Å²) in [5, 5.41) is 2.48. The maximum absolute atomic E-state index is 12.1. The van der Waals surface area contributed by atoms with Crippen LogP contribution in [0.3, 0.4) is 0 Å². The fourth-order valence-electron chi connectivity index (χ4n) is 1.76. The zero-order chi connectivity index (χ0) is 18.7. The minimum absolute atomic E-state index is 0.0201. The minimum atomic E-state index is -3.01. The molecule has 0 saturated heterocycles. The number of rotatable bonds is 10. The molecule has 0 unspecified atom stereocenters. The monoisotopic (exact) mass is 359 g/mol. The summed E-state index contributed by atoms with van der Waals surface area (Å²) in [6.07, 6.45) is 0.566. The molecule has 1 N–H and O–H groups in total. The number of amides is 1. The third kappa shape index (κ3) is 8.63. The Labute approximate surface area is 143 Å². The van der Waals surface area contributed by atoms with E-state index in [0.29, 0.717) is 13.0 Å². The third-order valence-electron chi connectivity index (χ3n) is 2.81. The van der Waals surface area contributed by atoms with Crippen LogP contribution in [0.5, 0.6) is 5.75 Å². The first-order valence-corrected chi connectivity index (χ1v) is 7.56. The van der Waals surface area contributed by atoms with Gasteiger partial charge in [-0.1, -0.05) is 6.07 Å². The molecule has 7 nitrogen and oxygen atoms in total. The Morgan fingerprint density at radius 2 is 1.96 bits per heavy atom. The number of ether oxygens (including phenoxy) is 3. The van der Waals surface area contributed by atoms with Gasteiger partial charge in [-0.05, 0) is 31.5 Å². The molecule has 138 valence electrons. The van der Waals surface area contributed by atoms with Gasteiger partial charge in [-0.15, -0.1) is 0 Å². The van der Waals surface area contributed by atoms with Crippen molar-refractivity contribution in [3.05, 3.63) is 29.8 Å². The Balaban J connectivity index is 2.31. The van der Waals surface area contributed by atoms with Crippen molar-refractivity contribution in [1.82, 2.24) is 5.32 Å². The molecule has 9 heteroatoms. The van der Waals surface area contributed by atoms with Crippen LogP contribution in [0, 0.1) is 0 Å². The predicted molar refractivity (Wildman–Crippen MR) is 82.2 cm³/mol. The first kappa shape index (κ1) is 20.3. The van der Waals surface area contributed by atoms with Gasteiger partial charge in [-0.2, -0.15) is 8.78 Å². The zero-order valence-corrected chi connectivity index (χ0v) is 13.6. The minimum Gasteiger partial charge on any atom is -0.466 e. The Hall–Kier alpha value is -2.71. The van der Waals surface area contributed by atoms with Crippen LogP contribution in [0.15, 0.2) is 24.3 Å². The number of alkyl halides is 2. The molecule has 1 aromatic rings. The maximum atomic E-state index is 12.1. The quantitative estimate of drug-likeness (QED) is 0.507. The van der Waals surface area contributed by atoms with E-state index >= 15 is 0 Å². The molecule has 1 amide bonds. The largest absolute Gasteiger partial charge is 0.466 e. The summed E-state index contributed by atoms with van der Waals surface area (Å²) in [6, 6.07) is 5.05. The van der Waals surface area contributed by atoms with Crippen molar-refractivity contribution >= 4 is 17.8 Å². The van der Waals surface area contributed by atoms with Crippen molar-refractivity contribution in [1.29, 1.82) is 0 Å². The lowest BCUT2D eigenvalue weighted by atomic mass is 10.2. The number of hydrogen-bond donors (Lipinski definition) is 1. The second-order valence-corrected chi connectivity index (χ2v) is 4.74. The van der Waals surface area contributed by atoms with Gasteiger partial charge in [0.25, 0.3) is 5.91 Å². The predicted octanol–water partition coefficient (Wildman–Crippen LogP) is 1.90. The smallest absolute Gasteiger partial charge is 0.387 e. The van der Waals surface area contributed by atoms with Crippen LogP contribution in [-0.2, 0) is 19.1 Å². The van der Waals surface area contributed by atoms with E-state index in [0.717, 1.165) is 6.07 Å². The molecular formula is C16H19F2NO6. The lowest BCUT2D eigenvalue weighted by Crippen LogP contribution is -2.30. The molecule has 0 aliphatic carbocycles. The van der Waals surface area contributed by atoms with E-state index in [4.69, 9.17) is 9.47 Å². The topological polar surface area (TPSA) is 90.9 Å².